The molecule has 1 aromatic heterocycles. The van der Waals surface area contributed by atoms with Gasteiger partial charge in [0.2, 0.25) is 0 Å². The first-order valence-electron chi connectivity index (χ1n) is 6.24. The highest BCUT2D eigenvalue weighted by Gasteiger charge is 2.21. The van der Waals surface area contributed by atoms with Gasteiger partial charge in [0.15, 0.2) is 0 Å². The average molecular weight is 244 g/mol. The standard InChI is InChI=1S/C15H20N2O/c1-15(2,3)12-7-5-4-6-11(12)13(18)10-14-16-8-9-17-14/h4-9,13,18H,10H2,1-3H3,(H,16,17). The second-order valence-electron chi connectivity index (χ2n) is 5.59. The van der Waals surface area contributed by atoms with Crippen molar-refractivity contribution in [3.63, 3.8) is 0 Å². The molecule has 1 aromatic carbocycles. The predicted molar refractivity (Wildman–Crippen MR) is 72.4 cm³/mol. The normalized spacial score (nSPS) is 13.6. The number of benzene rings is 1. The minimum absolute atomic E-state index is 0.0285. The summed E-state index contributed by atoms with van der Waals surface area (Å²) >= 11 is 0. The molecule has 2 rings (SSSR count). The van der Waals surface area contributed by atoms with Crippen LogP contribution in [0.2, 0.25) is 0 Å². The molecule has 0 fully saturated rings. The number of nitrogens with zero attached hydrogens (tertiary/aromatic N) is 1. The van der Waals surface area contributed by atoms with Crippen molar-refractivity contribution in [1.82, 2.24) is 9.97 Å². The maximum atomic E-state index is 10.4. The van der Waals surface area contributed by atoms with Crippen molar-refractivity contribution >= 4 is 0 Å². The summed E-state index contributed by atoms with van der Waals surface area (Å²) in [6.45, 7) is 6.47. The molecule has 96 valence electrons. The van der Waals surface area contributed by atoms with E-state index in [0.29, 0.717) is 6.42 Å². The molecule has 0 amide bonds. The average Bonchev–Trinajstić information content (AvgIpc) is 2.80. The van der Waals surface area contributed by atoms with Gasteiger partial charge in [-0.1, -0.05) is 45.0 Å². The number of nitrogens with one attached hydrogen (secondary N) is 1. The van der Waals surface area contributed by atoms with Gasteiger partial charge < -0.3 is 10.1 Å². The number of imidazole rings is 1. The Labute approximate surface area is 108 Å². The Morgan fingerprint density at radius 2 is 2.00 bits per heavy atom. The summed E-state index contributed by atoms with van der Waals surface area (Å²) in [6.07, 6.45) is 3.47. The number of H-pyrrole nitrogens is 1. The third kappa shape index (κ3) is 2.79. The monoisotopic (exact) mass is 244 g/mol. The van der Waals surface area contributed by atoms with Crippen LogP contribution in [0, 0.1) is 0 Å². The number of rotatable bonds is 3. The van der Waals surface area contributed by atoms with Crippen LogP contribution in [0.15, 0.2) is 36.7 Å². The van der Waals surface area contributed by atoms with E-state index in [1.54, 1.807) is 12.4 Å². The van der Waals surface area contributed by atoms with Crippen molar-refractivity contribution in [2.24, 2.45) is 0 Å². The van der Waals surface area contributed by atoms with E-state index in [0.717, 1.165) is 11.4 Å². The van der Waals surface area contributed by atoms with Gasteiger partial charge in [-0.2, -0.15) is 0 Å². The lowest BCUT2D eigenvalue weighted by Gasteiger charge is -2.25. The van der Waals surface area contributed by atoms with E-state index in [-0.39, 0.29) is 5.41 Å². The van der Waals surface area contributed by atoms with E-state index in [9.17, 15) is 5.11 Å². The van der Waals surface area contributed by atoms with Crippen molar-refractivity contribution in [1.29, 1.82) is 0 Å². The Morgan fingerprint density at radius 1 is 1.28 bits per heavy atom. The molecule has 0 aliphatic heterocycles. The summed E-state index contributed by atoms with van der Waals surface area (Å²) in [5.41, 5.74) is 2.20. The van der Waals surface area contributed by atoms with Gasteiger partial charge in [-0.25, -0.2) is 4.98 Å². The first-order valence-corrected chi connectivity index (χ1v) is 6.24. The lowest BCUT2D eigenvalue weighted by Crippen LogP contribution is -2.17. The number of aliphatic hydroxyl groups excluding tert-OH is 1. The van der Waals surface area contributed by atoms with E-state index >= 15 is 0 Å². The SMILES string of the molecule is CC(C)(C)c1ccccc1C(O)Cc1ncc[nH]1. The molecule has 3 nitrogen and oxygen atoms in total. The number of hydrogen-bond donors (Lipinski definition) is 2. The van der Waals surface area contributed by atoms with Crippen LogP contribution in [-0.2, 0) is 11.8 Å². The van der Waals surface area contributed by atoms with Crippen LogP contribution in [-0.4, -0.2) is 15.1 Å². The highest BCUT2D eigenvalue weighted by atomic mass is 16.3. The molecule has 0 bridgehead atoms. The third-order valence-corrected chi connectivity index (χ3v) is 3.07. The molecule has 1 atom stereocenters. The van der Waals surface area contributed by atoms with Gasteiger partial charge in [-0.3, -0.25) is 0 Å². The molecule has 0 spiro atoms. The fourth-order valence-electron chi connectivity index (χ4n) is 2.17. The largest absolute Gasteiger partial charge is 0.388 e. The smallest absolute Gasteiger partial charge is 0.108 e. The second kappa shape index (κ2) is 4.94. The minimum Gasteiger partial charge on any atom is -0.388 e. The molecule has 1 heterocycles. The summed E-state index contributed by atoms with van der Waals surface area (Å²) in [6, 6.07) is 8.06. The van der Waals surface area contributed by atoms with Gasteiger partial charge in [0, 0.05) is 18.8 Å². The molecule has 0 radical (unpaired) electrons. The summed E-state index contributed by atoms with van der Waals surface area (Å²) < 4.78 is 0. The fraction of sp³-hybridized carbons (Fsp3) is 0.400. The van der Waals surface area contributed by atoms with Gasteiger partial charge in [0.05, 0.1) is 6.10 Å². The molecule has 0 aliphatic rings. The zero-order chi connectivity index (χ0) is 13.2. The van der Waals surface area contributed by atoms with Crippen LogP contribution in [0.4, 0.5) is 0 Å². The van der Waals surface area contributed by atoms with E-state index in [1.807, 2.05) is 18.2 Å². The van der Waals surface area contributed by atoms with Crippen molar-refractivity contribution in [2.75, 3.05) is 0 Å². The summed E-state index contributed by atoms with van der Waals surface area (Å²) in [5, 5.41) is 10.4. The predicted octanol–water partition coefficient (Wildman–Crippen LogP) is 2.98. The number of hydrogen-bond acceptors (Lipinski definition) is 2. The molecule has 3 heteroatoms. The first kappa shape index (κ1) is 12.8. The van der Waals surface area contributed by atoms with E-state index in [1.165, 1.54) is 5.56 Å². The second-order valence-corrected chi connectivity index (χ2v) is 5.59. The quantitative estimate of drug-likeness (QED) is 0.872. The van der Waals surface area contributed by atoms with Crippen molar-refractivity contribution in [2.45, 2.75) is 38.7 Å². The van der Waals surface area contributed by atoms with Gasteiger partial charge in [-0.15, -0.1) is 0 Å². The molecular weight excluding hydrogens is 224 g/mol. The summed E-state index contributed by atoms with van der Waals surface area (Å²) in [7, 11) is 0. The Bertz CT molecular complexity index is 497. The zero-order valence-electron chi connectivity index (χ0n) is 11.1. The van der Waals surface area contributed by atoms with Crippen LogP contribution in [0.1, 0.15) is 43.8 Å². The molecule has 18 heavy (non-hydrogen) atoms. The molecule has 0 saturated carbocycles. The maximum Gasteiger partial charge on any atom is 0.108 e. The van der Waals surface area contributed by atoms with Gasteiger partial charge in [0.1, 0.15) is 5.82 Å². The van der Waals surface area contributed by atoms with Gasteiger partial charge in [-0.05, 0) is 16.5 Å². The first-order chi connectivity index (χ1) is 8.48. The van der Waals surface area contributed by atoms with Crippen LogP contribution >= 0.6 is 0 Å². The van der Waals surface area contributed by atoms with E-state index in [4.69, 9.17) is 0 Å². The van der Waals surface area contributed by atoms with Crippen LogP contribution < -0.4 is 0 Å². The number of aromatic nitrogens is 2. The van der Waals surface area contributed by atoms with E-state index in [2.05, 4.69) is 36.8 Å². The number of aromatic amines is 1. The Balaban J connectivity index is 2.27. The molecule has 2 N–H and O–H groups in total. The highest BCUT2D eigenvalue weighted by molar-refractivity contribution is 5.34. The molecule has 1 unspecified atom stereocenters. The lowest BCUT2D eigenvalue weighted by atomic mass is 9.82. The van der Waals surface area contributed by atoms with E-state index < -0.39 is 6.10 Å². The summed E-state index contributed by atoms with van der Waals surface area (Å²) in [5.74, 6) is 0.811. The number of aliphatic hydroxyl groups is 1. The Hall–Kier alpha value is -1.61. The maximum absolute atomic E-state index is 10.4. The topological polar surface area (TPSA) is 48.9 Å². The fourth-order valence-corrected chi connectivity index (χ4v) is 2.17. The molecule has 2 aromatic rings. The molecular formula is C15H20N2O. The van der Waals surface area contributed by atoms with Crippen LogP contribution in [0.25, 0.3) is 0 Å². The zero-order valence-corrected chi connectivity index (χ0v) is 11.1. The van der Waals surface area contributed by atoms with Crippen molar-refractivity contribution in [3.8, 4) is 0 Å². The van der Waals surface area contributed by atoms with Crippen molar-refractivity contribution in [3.05, 3.63) is 53.6 Å². The van der Waals surface area contributed by atoms with Crippen molar-refractivity contribution < 1.29 is 5.11 Å². The highest BCUT2D eigenvalue weighted by Crippen LogP contribution is 2.30. The van der Waals surface area contributed by atoms with Gasteiger partial charge >= 0.3 is 0 Å². The molecule has 0 saturated heterocycles. The third-order valence-electron chi connectivity index (χ3n) is 3.07. The van der Waals surface area contributed by atoms with Gasteiger partial charge in [0.25, 0.3) is 0 Å². The van der Waals surface area contributed by atoms with Crippen LogP contribution in [0.3, 0.4) is 0 Å². The minimum atomic E-state index is -0.522. The van der Waals surface area contributed by atoms with Crippen LogP contribution in [0.5, 0.6) is 0 Å². The lowest BCUT2D eigenvalue weighted by molar-refractivity contribution is 0.173. The molecule has 0 aliphatic carbocycles. The Kier molecular flexibility index (Phi) is 3.53. The summed E-state index contributed by atoms with van der Waals surface area (Å²) in [4.78, 5) is 7.18. The Morgan fingerprint density at radius 3 is 2.61 bits per heavy atom.